The second-order valence-electron chi connectivity index (χ2n) is 25.9. The molecule has 0 aliphatic carbocycles. The number of methoxy groups -OCH3 is 2. The largest absolute Gasteiger partial charge is 0.461 e. The van der Waals surface area contributed by atoms with Crippen LogP contribution in [0.4, 0.5) is 10.6 Å². The number of oxime groups is 1. The third-order valence-electron chi connectivity index (χ3n) is 17.8. The minimum absolute atomic E-state index is 0.0288. The maximum Gasteiger partial charge on any atom is 0.408 e. The summed E-state index contributed by atoms with van der Waals surface area (Å²) in [4.78, 5) is 71.2. The number of ether oxygens (including phenoxy) is 11. The summed E-state index contributed by atoms with van der Waals surface area (Å²) in [6.07, 6.45) is -13.9. The minimum Gasteiger partial charge on any atom is -0.461 e. The molecule has 0 saturated carbocycles. The van der Waals surface area contributed by atoms with E-state index in [0.29, 0.717) is 6.54 Å². The van der Waals surface area contributed by atoms with Crippen LogP contribution in [0, 0.1) is 41.4 Å². The van der Waals surface area contributed by atoms with Crippen molar-refractivity contribution in [2.75, 3.05) is 53.3 Å². The summed E-state index contributed by atoms with van der Waals surface area (Å²) >= 11 is 0. The van der Waals surface area contributed by atoms with Gasteiger partial charge in [-0.2, -0.15) is 0 Å². The van der Waals surface area contributed by atoms with Gasteiger partial charge < -0.3 is 78.2 Å². The predicted octanol–water partition coefficient (Wildman–Crippen LogP) is 5.53. The fourth-order valence-electron chi connectivity index (χ4n) is 12.9. The molecule has 1 aromatic carbocycles. The van der Waals surface area contributed by atoms with Crippen molar-refractivity contribution in [3.8, 4) is 0 Å². The van der Waals surface area contributed by atoms with E-state index < -0.39 is 161 Å². The van der Waals surface area contributed by atoms with Gasteiger partial charge in [0.25, 0.3) is 0 Å². The molecule has 27 heteroatoms. The van der Waals surface area contributed by atoms with Crippen molar-refractivity contribution in [2.45, 2.75) is 225 Å². The standard InChI is InChI=1S/C64H102N6O20S/c1-34(2)26-49(71)86-55-41(9)54(36(4)33-82-62-58(80-15)57(79-14)51(72)44(12)85-62)88-60(75)43(11)56(87-50-27-37(5)70(32-39(7)83-50)25-24-68-91(77,78)46-22-23-48(65)66-31-46)40(8)53(89-61-52(73)47(69-81-16)28-38(6)84-61)35(3)29-64(13,59(74)42(55)10)90-63(76)67-30-45-20-18-17-19-21-45/h17-23,31,34-44,50-58,61-62,68,72-73H,24-30,32-33H2,1-16H3,(H2,65,66)(H,67,76)/t35-,36-,37?,38+,39-,40+,41-,42+,43+,44+,50-,51+,52+,53-,54+,55+,56-,57+,58+,61-,62+,64-/m0/s1. The second kappa shape index (κ2) is 33.9. The van der Waals surface area contributed by atoms with Crippen LogP contribution in [0.15, 0.2) is 58.7 Å². The van der Waals surface area contributed by atoms with E-state index in [9.17, 15) is 28.2 Å². The molecule has 4 aliphatic heterocycles. The number of benzene rings is 1. The van der Waals surface area contributed by atoms with Crippen LogP contribution in [-0.4, -0.2) is 203 Å². The summed E-state index contributed by atoms with van der Waals surface area (Å²) in [5.41, 5.74) is 4.70. The Balaban J connectivity index is 1.47. The number of nitrogens with one attached hydrogen (secondary N) is 2. The summed E-state index contributed by atoms with van der Waals surface area (Å²) in [5.74, 6) is -7.89. The van der Waals surface area contributed by atoms with Gasteiger partial charge in [0.05, 0.1) is 54.7 Å². The monoisotopic (exact) mass is 1310 g/mol. The summed E-state index contributed by atoms with van der Waals surface area (Å²) in [6.45, 7) is 23.4. The lowest BCUT2D eigenvalue weighted by molar-refractivity contribution is -0.305. The Morgan fingerprint density at radius 1 is 0.846 bits per heavy atom. The van der Waals surface area contributed by atoms with E-state index in [1.807, 2.05) is 58.0 Å². The van der Waals surface area contributed by atoms with Gasteiger partial charge in [0, 0.05) is 89.7 Å². The number of alkyl carbamates (subject to hydrolysis) is 1. The predicted molar refractivity (Wildman–Crippen MR) is 333 cm³/mol. The number of Topliss-reactive ketones (excluding diaryl/α,β-unsaturated/α-hetero) is 1. The van der Waals surface area contributed by atoms with Crippen LogP contribution >= 0.6 is 0 Å². The van der Waals surface area contributed by atoms with Gasteiger partial charge in [-0.1, -0.05) is 84.0 Å². The molecule has 4 fully saturated rings. The molecule has 6 N–H and O–H groups in total. The normalized spacial score (nSPS) is 36.0. The lowest BCUT2D eigenvalue weighted by Gasteiger charge is -2.45. The molecule has 514 valence electrons. The van der Waals surface area contributed by atoms with Crippen molar-refractivity contribution >= 4 is 45.4 Å². The van der Waals surface area contributed by atoms with Crippen molar-refractivity contribution in [3.05, 3.63) is 54.2 Å². The topological polar surface area (TPSA) is 332 Å². The maximum atomic E-state index is 16.0. The highest BCUT2D eigenvalue weighted by Gasteiger charge is 2.53. The first-order chi connectivity index (χ1) is 42.9. The van der Waals surface area contributed by atoms with E-state index in [2.05, 4.69) is 25.1 Å². The quantitative estimate of drug-likeness (QED) is 0.0549. The highest BCUT2D eigenvalue weighted by molar-refractivity contribution is 7.89. The average Bonchev–Trinajstić information content (AvgIpc) is 1.23. The highest BCUT2D eigenvalue weighted by atomic mass is 32.2. The first-order valence-electron chi connectivity index (χ1n) is 31.7. The molecule has 26 nitrogen and oxygen atoms in total. The number of carbonyl (C=O) groups is 4. The summed E-state index contributed by atoms with van der Waals surface area (Å²) < 4.78 is 100. The SMILES string of the molecule is CON=C1C[C@@H](C)O[C@@H](O[C@@H]2[C@@H](C)[C@H](O[C@H]3CC(C)N(CCNS(=O)(=O)c4ccc(N)nc4)C[C@H](C)O3)[C@@H](C)C(=O)O[C@H]([C@@H](C)CO[C@@H]3O[C@H](C)[C@@H](O)[C@@H](OC)[C@H]3OC)[C@H](C)[C@@H](OC(=O)CC(C)C)[C@@H](C)C(=O)[C@@](C)(OC(=O)NCc3ccccc3)C[C@@H]2C)[C@@H]1O. The van der Waals surface area contributed by atoms with Crippen molar-refractivity contribution in [3.63, 3.8) is 0 Å². The van der Waals surface area contributed by atoms with Crippen LogP contribution in [0.25, 0.3) is 0 Å². The van der Waals surface area contributed by atoms with Crippen molar-refractivity contribution in [1.82, 2.24) is 19.9 Å². The summed E-state index contributed by atoms with van der Waals surface area (Å²) in [5, 5.41) is 29.9. The molecule has 1 aromatic heterocycles. The van der Waals surface area contributed by atoms with Crippen molar-refractivity contribution in [2.24, 2.45) is 46.6 Å². The molecule has 91 heavy (non-hydrogen) atoms. The number of esters is 2. The number of anilines is 1. The van der Waals surface area contributed by atoms with Gasteiger partial charge in [0.2, 0.25) is 10.0 Å². The Hall–Kier alpha value is -5.01. The van der Waals surface area contributed by atoms with Gasteiger partial charge in [-0.25, -0.2) is 22.9 Å². The summed E-state index contributed by atoms with van der Waals surface area (Å²) in [7, 11) is 0.292. The van der Waals surface area contributed by atoms with Gasteiger partial charge >= 0.3 is 18.0 Å². The molecular weight excluding hydrogens is 1200 g/mol. The first kappa shape index (κ1) is 75.0. The number of nitrogens with zero attached hydrogens (tertiary/aromatic N) is 3. The molecule has 0 bridgehead atoms. The van der Waals surface area contributed by atoms with E-state index in [1.54, 1.807) is 55.4 Å². The molecule has 22 atom stereocenters. The second-order valence-corrected chi connectivity index (χ2v) is 27.6. The van der Waals surface area contributed by atoms with Gasteiger partial charge in [0.1, 0.15) is 54.4 Å². The maximum absolute atomic E-state index is 16.0. The Morgan fingerprint density at radius 3 is 2.18 bits per heavy atom. The number of carbonyl (C=O) groups excluding carboxylic acids is 4. The number of aliphatic hydroxyl groups is 2. The number of sulfonamides is 1. The number of pyridine rings is 1. The number of hydrogen-bond acceptors (Lipinski definition) is 24. The molecule has 2 aromatic rings. The van der Waals surface area contributed by atoms with E-state index in [0.717, 1.165) is 5.56 Å². The molecule has 0 spiro atoms. The zero-order chi connectivity index (χ0) is 67.2. The molecule has 1 amide bonds. The van der Waals surface area contributed by atoms with E-state index in [1.165, 1.54) is 46.6 Å². The number of aromatic nitrogens is 1. The Labute approximate surface area is 536 Å². The smallest absolute Gasteiger partial charge is 0.408 e. The third-order valence-corrected chi connectivity index (χ3v) is 19.2. The molecular formula is C64H102N6O20S. The number of rotatable bonds is 22. The molecule has 0 radical (unpaired) electrons. The lowest BCUT2D eigenvalue weighted by atomic mass is 9.74. The van der Waals surface area contributed by atoms with Crippen LogP contribution < -0.4 is 15.8 Å². The van der Waals surface area contributed by atoms with Crippen LogP contribution in [0.3, 0.4) is 0 Å². The van der Waals surface area contributed by atoms with Crippen LogP contribution in [0.2, 0.25) is 0 Å². The highest BCUT2D eigenvalue weighted by Crippen LogP contribution is 2.41. The van der Waals surface area contributed by atoms with E-state index >= 15 is 9.59 Å². The number of amides is 1. The Bertz CT molecular complexity index is 2790. The molecule has 5 heterocycles. The number of nitrogen functional groups attached to an aromatic ring is 1. The number of aliphatic hydroxyl groups excluding tert-OH is 2. The van der Waals surface area contributed by atoms with Gasteiger partial charge in [-0.3, -0.25) is 19.3 Å². The number of hydrogen-bond donors (Lipinski definition) is 5. The number of ketones is 1. The van der Waals surface area contributed by atoms with Crippen molar-refractivity contribution < 1.29 is 94.8 Å². The fourth-order valence-corrected chi connectivity index (χ4v) is 13.9. The molecule has 6 rings (SSSR count). The minimum atomic E-state index is -3.94. The number of cyclic esters (lactones) is 1. The Kier molecular flexibility index (Phi) is 27.9. The molecule has 4 aliphatic rings. The average molecular weight is 1310 g/mol. The molecule has 4 saturated heterocycles. The van der Waals surface area contributed by atoms with Crippen molar-refractivity contribution in [1.29, 1.82) is 0 Å². The third kappa shape index (κ3) is 20.0. The van der Waals surface area contributed by atoms with Crippen LogP contribution in [0.5, 0.6) is 0 Å². The zero-order valence-electron chi connectivity index (χ0n) is 55.8. The lowest BCUT2D eigenvalue weighted by Crippen LogP contribution is -2.59. The van der Waals surface area contributed by atoms with Gasteiger partial charge in [-0.05, 0) is 77.5 Å². The fraction of sp³-hybridized carbons (Fsp3) is 0.750. The number of nitrogens with two attached hydrogens (primary N) is 1. The first-order valence-corrected chi connectivity index (χ1v) is 33.2. The van der Waals surface area contributed by atoms with Gasteiger partial charge in [-0.15, -0.1) is 0 Å². The van der Waals surface area contributed by atoms with E-state index in [-0.39, 0.29) is 80.3 Å². The summed E-state index contributed by atoms with van der Waals surface area (Å²) in [6, 6.07) is 11.6. The van der Waals surface area contributed by atoms with E-state index in [4.69, 9.17) is 62.7 Å². The molecule has 1 unspecified atom stereocenters. The van der Waals surface area contributed by atoms with Gasteiger partial charge in [0.15, 0.2) is 30.3 Å². The van der Waals surface area contributed by atoms with Crippen LogP contribution in [-0.2, 0) is 87.9 Å². The zero-order valence-corrected chi connectivity index (χ0v) is 56.6. The Morgan fingerprint density at radius 2 is 1.54 bits per heavy atom. The van der Waals surface area contributed by atoms with Crippen LogP contribution in [0.1, 0.15) is 121 Å².